The van der Waals surface area contributed by atoms with Gasteiger partial charge in [-0.25, -0.2) is 9.36 Å². The lowest BCUT2D eigenvalue weighted by Crippen LogP contribution is -2.36. The number of hydrogen-bond donors (Lipinski definition) is 3. The summed E-state index contributed by atoms with van der Waals surface area (Å²) >= 11 is 0. The van der Waals surface area contributed by atoms with E-state index in [1.165, 1.54) is 6.20 Å². The zero-order valence-electron chi connectivity index (χ0n) is 14.2. The van der Waals surface area contributed by atoms with Crippen molar-refractivity contribution in [2.24, 2.45) is 0 Å². The number of rotatable bonds is 7. The number of phosphoric ester groups is 1. The molecule has 1 aromatic rings. The molecule has 0 saturated carbocycles. The number of aryl methyl sites for hydroxylation is 1. The molecule has 1 aliphatic heterocycles. The molecule has 0 aromatic carbocycles. The third-order valence-corrected chi connectivity index (χ3v) is 4.79. The summed E-state index contributed by atoms with van der Waals surface area (Å²) in [5.41, 5.74) is -0.813. The molecule has 0 spiro atoms. The van der Waals surface area contributed by atoms with Gasteiger partial charge in [-0.05, 0) is 20.3 Å². The van der Waals surface area contributed by atoms with Crippen molar-refractivity contribution in [3.05, 3.63) is 32.6 Å². The van der Waals surface area contributed by atoms with Crippen LogP contribution in [0.2, 0.25) is 0 Å². The van der Waals surface area contributed by atoms with Crippen molar-refractivity contribution >= 4 is 7.82 Å². The Balaban J connectivity index is 2.08. The number of H-pyrrole nitrogens is 1. The first-order chi connectivity index (χ1) is 11.6. The second-order valence-electron chi connectivity index (χ2n) is 6.04. The highest BCUT2D eigenvalue weighted by molar-refractivity contribution is 7.47. The van der Waals surface area contributed by atoms with Crippen molar-refractivity contribution in [2.75, 3.05) is 6.61 Å². The fraction of sp³-hybridized carbons (Fsp3) is 0.714. The van der Waals surface area contributed by atoms with E-state index < -0.39 is 43.6 Å². The summed E-state index contributed by atoms with van der Waals surface area (Å²) in [5.74, 6) is 0. The van der Waals surface area contributed by atoms with Gasteiger partial charge in [0.05, 0.1) is 18.8 Å². The van der Waals surface area contributed by atoms with Crippen LogP contribution in [-0.2, 0) is 24.8 Å². The molecule has 1 aliphatic rings. The second kappa shape index (κ2) is 7.94. The van der Waals surface area contributed by atoms with Crippen molar-refractivity contribution < 1.29 is 28.3 Å². The van der Waals surface area contributed by atoms with E-state index >= 15 is 0 Å². The molecule has 0 amide bonds. The average molecular weight is 378 g/mol. The quantitative estimate of drug-likeness (QED) is 0.575. The summed E-state index contributed by atoms with van der Waals surface area (Å²) < 4.78 is 28.0. The Labute approximate surface area is 144 Å². The highest BCUT2D eigenvalue weighted by Gasteiger charge is 2.37. The molecule has 0 radical (unpaired) electrons. The van der Waals surface area contributed by atoms with Crippen molar-refractivity contribution in [3.63, 3.8) is 0 Å². The van der Waals surface area contributed by atoms with Crippen molar-refractivity contribution in [1.82, 2.24) is 9.55 Å². The summed E-state index contributed by atoms with van der Waals surface area (Å²) in [7, 11) is -4.22. The zero-order valence-corrected chi connectivity index (χ0v) is 15.1. The molecule has 4 unspecified atom stereocenters. The van der Waals surface area contributed by atoms with Gasteiger partial charge in [0, 0.05) is 18.2 Å². The van der Waals surface area contributed by atoms with E-state index in [9.17, 15) is 24.2 Å². The topological polar surface area (TPSA) is 140 Å². The van der Waals surface area contributed by atoms with Gasteiger partial charge in [0.15, 0.2) is 6.23 Å². The van der Waals surface area contributed by atoms with Gasteiger partial charge in [0.1, 0.15) is 6.10 Å². The average Bonchev–Trinajstić information content (AvgIpc) is 2.85. The molecule has 142 valence electrons. The third kappa shape index (κ3) is 5.10. The van der Waals surface area contributed by atoms with E-state index in [0.717, 1.165) is 4.57 Å². The van der Waals surface area contributed by atoms with E-state index in [1.807, 2.05) is 0 Å². The standard InChI is InChI=1S/C14H23N2O8P/c1-4-9-6-16(14(19)15-12(9)18)13-11(17)5-10(23-13)7-22-25(20,21)24-8(2)3/h6,8,10-11,13,17H,4-5,7H2,1-3H3,(H,20,21)(H,15,18,19). The first-order valence-corrected chi connectivity index (χ1v) is 9.46. The summed E-state index contributed by atoms with van der Waals surface area (Å²) in [4.78, 5) is 35.3. The van der Waals surface area contributed by atoms with Crippen molar-refractivity contribution in [2.45, 2.75) is 58.2 Å². The minimum absolute atomic E-state index is 0.0966. The molecule has 0 aliphatic carbocycles. The lowest BCUT2D eigenvalue weighted by atomic mass is 10.2. The van der Waals surface area contributed by atoms with Gasteiger partial charge >= 0.3 is 13.5 Å². The van der Waals surface area contributed by atoms with Crippen LogP contribution in [0.4, 0.5) is 0 Å². The van der Waals surface area contributed by atoms with Crippen LogP contribution in [0.15, 0.2) is 15.8 Å². The molecule has 4 atom stereocenters. The van der Waals surface area contributed by atoms with Gasteiger partial charge < -0.3 is 14.7 Å². The minimum atomic E-state index is -4.22. The molecule has 1 aromatic heterocycles. The maximum Gasteiger partial charge on any atom is 0.472 e. The molecule has 2 rings (SSSR count). The number of nitrogens with zero attached hydrogens (tertiary/aromatic N) is 1. The second-order valence-corrected chi connectivity index (χ2v) is 7.45. The Morgan fingerprint density at radius 2 is 2.16 bits per heavy atom. The lowest BCUT2D eigenvalue weighted by molar-refractivity contribution is -0.0539. The predicted molar refractivity (Wildman–Crippen MR) is 87.2 cm³/mol. The molecule has 0 bridgehead atoms. The van der Waals surface area contributed by atoms with Crippen LogP contribution in [0.5, 0.6) is 0 Å². The number of hydrogen-bond acceptors (Lipinski definition) is 7. The molecular formula is C14H23N2O8P. The highest BCUT2D eigenvalue weighted by Crippen LogP contribution is 2.45. The Bertz CT molecular complexity index is 758. The van der Waals surface area contributed by atoms with Crippen LogP contribution in [-0.4, -0.2) is 44.5 Å². The molecule has 1 fully saturated rings. The lowest BCUT2D eigenvalue weighted by Gasteiger charge is -2.19. The largest absolute Gasteiger partial charge is 0.472 e. The fourth-order valence-electron chi connectivity index (χ4n) is 2.53. The van der Waals surface area contributed by atoms with Crippen molar-refractivity contribution in [1.29, 1.82) is 0 Å². The van der Waals surface area contributed by atoms with Crippen LogP contribution in [0.3, 0.4) is 0 Å². The van der Waals surface area contributed by atoms with Crippen LogP contribution >= 0.6 is 7.82 Å². The maximum absolute atomic E-state index is 12.0. The molecular weight excluding hydrogens is 355 g/mol. The number of aliphatic hydroxyl groups is 1. The van der Waals surface area contributed by atoms with E-state index in [-0.39, 0.29) is 13.0 Å². The molecule has 2 heterocycles. The third-order valence-electron chi connectivity index (χ3n) is 3.63. The first-order valence-electron chi connectivity index (χ1n) is 7.96. The highest BCUT2D eigenvalue weighted by atomic mass is 31.2. The summed E-state index contributed by atoms with van der Waals surface area (Å²) in [6.45, 7) is 4.65. The zero-order chi connectivity index (χ0) is 18.8. The van der Waals surface area contributed by atoms with E-state index in [1.54, 1.807) is 20.8 Å². The molecule has 1 saturated heterocycles. The number of phosphoric acid groups is 1. The Hall–Kier alpha value is -1.29. The van der Waals surface area contributed by atoms with Crippen LogP contribution in [0.1, 0.15) is 39.0 Å². The molecule has 11 heteroatoms. The normalized spacial score (nSPS) is 26.1. The molecule has 10 nitrogen and oxygen atoms in total. The van der Waals surface area contributed by atoms with Crippen LogP contribution < -0.4 is 11.2 Å². The molecule has 25 heavy (non-hydrogen) atoms. The van der Waals surface area contributed by atoms with Gasteiger partial charge in [-0.1, -0.05) is 6.92 Å². The van der Waals surface area contributed by atoms with Gasteiger partial charge in [-0.2, -0.15) is 0 Å². The van der Waals surface area contributed by atoms with Crippen LogP contribution in [0.25, 0.3) is 0 Å². The monoisotopic (exact) mass is 378 g/mol. The first kappa shape index (κ1) is 20.0. The maximum atomic E-state index is 12.0. The van der Waals surface area contributed by atoms with Gasteiger partial charge in [0.2, 0.25) is 0 Å². The Morgan fingerprint density at radius 1 is 1.48 bits per heavy atom. The van der Waals surface area contributed by atoms with Crippen molar-refractivity contribution in [3.8, 4) is 0 Å². The summed E-state index contributed by atoms with van der Waals surface area (Å²) in [5, 5.41) is 10.1. The Kier molecular flexibility index (Phi) is 6.36. The summed E-state index contributed by atoms with van der Waals surface area (Å²) in [6.07, 6.45) is -1.41. The number of nitrogens with one attached hydrogen (secondary N) is 1. The van der Waals surface area contributed by atoms with Crippen LogP contribution in [0, 0.1) is 0 Å². The fourth-order valence-corrected chi connectivity index (χ4v) is 3.48. The Morgan fingerprint density at radius 3 is 2.76 bits per heavy atom. The van der Waals surface area contributed by atoms with E-state index in [2.05, 4.69) is 4.98 Å². The number of aromatic amines is 1. The number of aliphatic hydroxyl groups excluding tert-OH is 1. The van der Waals surface area contributed by atoms with E-state index in [4.69, 9.17) is 13.8 Å². The number of ether oxygens (including phenoxy) is 1. The minimum Gasteiger partial charge on any atom is -0.388 e. The van der Waals surface area contributed by atoms with Gasteiger partial charge in [-0.3, -0.25) is 23.4 Å². The van der Waals surface area contributed by atoms with Gasteiger partial charge in [-0.15, -0.1) is 0 Å². The smallest absolute Gasteiger partial charge is 0.388 e. The molecule has 3 N–H and O–H groups in total. The predicted octanol–water partition coefficient (Wildman–Crippen LogP) is 0.289. The van der Waals surface area contributed by atoms with Gasteiger partial charge in [0.25, 0.3) is 5.56 Å². The number of aromatic nitrogens is 2. The van der Waals surface area contributed by atoms with E-state index in [0.29, 0.717) is 12.0 Å². The summed E-state index contributed by atoms with van der Waals surface area (Å²) in [6, 6.07) is 0. The SMILES string of the molecule is CCc1cn(C2OC(COP(=O)(O)OC(C)C)CC2O)c(=O)[nH]c1=O.